The molecular formula is C13H21NO3. The molecule has 0 amide bonds. The van der Waals surface area contributed by atoms with Gasteiger partial charge >= 0.3 is 0 Å². The number of benzene rings is 1. The summed E-state index contributed by atoms with van der Waals surface area (Å²) in [5.74, 6) is 1.46. The molecule has 96 valence electrons. The Kier molecular flexibility index (Phi) is 5.80. The SMILES string of the molecule is COCCC(C)Oc1c(CN)cccc1OC. The van der Waals surface area contributed by atoms with Crippen molar-refractivity contribution in [2.75, 3.05) is 20.8 Å². The van der Waals surface area contributed by atoms with Crippen LogP contribution in [0.2, 0.25) is 0 Å². The molecule has 17 heavy (non-hydrogen) atoms. The largest absolute Gasteiger partial charge is 0.493 e. The number of nitrogens with two attached hydrogens (primary N) is 1. The molecule has 1 aromatic carbocycles. The summed E-state index contributed by atoms with van der Waals surface area (Å²) in [6, 6.07) is 5.73. The average molecular weight is 239 g/mol. The van der Waals surface area contributed by atoms with Crippen LogP contribution in [-0.2, 0) is 11.3 Å². The molecule has 0 bridgehead atoms. The van der Waals surface area contributed by atoms with E-state index in [1.54, 1.807) is 14.2 Å². The molecule has 0 aliphatic heterocycles. The Morgan fingerprint density at radius 2 is 2.06 bits per heavy atom. The predicted molar refractivity (Wildman–Crippen MR) is 67.5 cm³/mol. The highest BCUT2D eigenvalue weighted by atomic mass is 16.5. The van der Waals surface area contributed by atoms with Crippen molar-refractivity contribution in [1.82, 2.24) is 0 Å². The van der Waals surface area contributed by atoms with Gasteiger partial charge in [-0.05, 0) is 13.0 Å². The fourth-order valence-corrected chi connectivity index (χ4v) is 1.56. The van der Waals surface area contributed by atoms with Gasteiger partial charge in [0.05, 0.1) is 13.2 Å². The summed E-state index contributed by atoms with van der Waals surface area (Å²) in [4.78, 5) is 0. The fraction of sp³-hybridized carbons (Fsp3) is 0.538. The molecule has 0 radical (unpaired) electrons. The molecule has 4 heteroatoms. The molecule has 1 unspecified atom stereocenters. The summed E-state index contributed by atoms with van der Waals surface area (Å²) >= 11 is 0. The fourth-order valence-electron chi connectivity index (χ4n) is 1.56. The number of rotatable bonds is 7. The van der Waals surface area contributed by atoms with E-state index >= 15 is 0 Å². The Morgan fingerprint density at radius 3 is 2.65 bits per heavy atom. The number of hydrogen-bond donors (Lipinski definition) is 1. The van der Waals surface area contributed by atoms with Gasteiger partial charge in [0.25, 0.3) is 0 Å². The second-order valence-electron chi connectivity index (χ2n) is 3.86. The average Bonchev–Trinajstić information content (AvgIpc) is 2.36. The van der Waals surface area contributed by atoms with Crippen molar-refractivity contribution in [3.8, 4) is 11.5 Å². The third kappa shape index (κ3) is 3.91. The van der Waals surface area contributed by atoms with E-state index in [1.165, 1.54) is 0 Å². The minimum absolute atomic E-state index is 0.0662. The van der Waals surface area contributed by atoms with E-state index in [4.69, 9.17) is 19.9 Å². The van der Waals surface area contributed by atoms with Gasteiger partial charge in [0.1, 0.15) is 0 Å². The van der Waals surface area contributed by atoms with E-state index in [0.717, 1.165) is 23.5 Å². The highest BCUT2D eigenvalue weighted by Gasteiger charge is 2.12. The molecule has 0 aromatic heterocycles. The topological polar surface area (TPSA) is 53.7 Å². The minimum atomic E-state index is 0.0662. The summed E-state index contributed by atoms with van der Waals surface area (Å²) < 4.78 is 16.2. The smallest absolute Gasteiger partial charge is 0.166 e. The monoisotopic (exact) mass is 239 g/mol. The molecule has 0 saturated carbocycles. The molecule has 0 saturated heterocycles. The first-order chi connectivity index (χ1) is 8.22. The molecule has 1 rings (SSSR count). The molecule has 4 nitrogen and oxygen atoms in total. The maximum Gasteiger partial charge on any atom is 0.166 e. The summed E-state index contributed by atoms with van der Waals surface area (Å²) in [6.45, 7) is 3.11. The molecular weight excluding hydrogens is 218 g/mol. The maximum atomic E-state index is 5.88. The van der Waals surface area contributed by atoms with Gasteiger partial charge in [-0.25, -0.2) is 0 Å². The zero-order valence-electron chi connectivity index (χ0n) is 10.7. The third-order valence-electron chi connectivity index (χ3n) is 2.55. The van der Waals surface area contributed by atoms with Crippen LogP contribution in [-0.4, -0.2) is 26.9 Å². The number of hydrogen-bond acceptors (Lipinski definition) is 4. The molecule has 1 aromatic rings. The summed E-state index contributed by atoms with van der Waals surface area (Å²) in [6.07, 6.45) is 0.898. The first-order valence-corrected chi connectivity index (χ1v) is 5.74. The maximum absolute atomic E-state index is 5.88. The standard InChI is InChI=1S/C13H21NO3/c1-10(7-8-15-2)17-13-11(9-14)5-4-6-12(13)16-3/h4-6,10H,7-9,14H2,1-3H3. The molecule has 0 aliphatic rings. The van der Waals surface area contributed by atoms with Gasteiger partial charge in [-0.15, -0.1) is 0 Å². The molecule has 0 fully saturated rings. The second kappa shape index (κ2) is 7.14. The first kappa shape index (κ1) is 13.8. The molecule has 0 spiro atoms. The van der Waals surface area contributed by atoms with E-state index < -0.39 is 0 Å². The Morgan fingerprint density at radius 1 is 1.29 bits per heavy atom. The highest BCUT2D eigenvalue weighted by molar-refractivity contribution is 5.46. The van der Waals surface area contributed by atoms with Crippen molar-refractivity contribution >= 4 is 0 Å². The van der Waals surface area contributed by atoms with Crippen LogP contribution in [0.25, 0.3) is 0 Å². The van der Waals surface area contributed by atoms with Crippen LogP contribution in [0.3, 0.4) is 0 Å². The lowest BCUT2D eigenvalue weighted by Crippen LogP contribution is -2.16. The summed E-state index contributed by atoms with van der Waals surface area (Å²) in [5, 5.41) is 0. The van der Waals surface area contributed by atoms with Gasteiger partial charge in [-0.2, -0.15) is 0 Å². The minimum Gasteiger partial charge on any atom is -0.493 e. The summed E-state index contributed by atoms with van der Waals surface area (Å²) in [5.41, 5.74) is 6.64. The molecule has 1 atom stereocenters. The van der Waals surface area contributed by atoms with Gasteiger partial charge in [-0.1, -0.05) is 12.1 Å². The van der Waals surface area contributed by atoms with Crippen molar-refractivity contribution in [3.63, 3.8) is 0 Å². The Bertz CT molecular complexity index is 319. The zero-order valence-corrected chi connectivity index (χ0v) is 10.7. The van der Waals surface area contributed by atoms with Crippen molar-refractivity contribution in [2.24, 2.45) is 5.73 Å². The van der Waals surface area contributed by atoms with Crippen LogP contribution in [0.5, 0.6) is 11.5 Å². The third-order valence-corrected chi connectivity index (χ3v) is 2.55. The van der Waals surface area contributed by atoms with Gasteiger partial charge in [0.15, 0.2) is 11.5 Å². The Labute approximate surface area is 103 Å². The van der Waals surface area contributed by atoms with Crippen LogP contribution in [0, 0.1) is 0 Å². The van der Waals surface area contributed by atoms with Crippen molar-refractivity contribution < 1.29 is 14.2 Å². The van der Waals surface area contributed by atoms with Gasteiger partial charge in [-0.3, -0.25) is 0 Å². The van der Waals surface area contributed by atoms with Crippen molar-refractivity contribution in [2.45, 2.75) is 26.0 Å². The molecule has 2 N–H and O–H groups in total. The second-order valence-corrected chi connectivity index (χ2v) is 3.86. The lowest BCUT2D eigenvalue weighted by molar-refractivity contribution is 0.132. The van der Waals surface area contributed by atoms with Crippen LogP contribution >= 0.6 is 0 Å². The van der Waals surface area contributed by atoms with Crippen LogP contribution in [0.1, 0.15) is 18.9 Å². The number of para-hydroxylation sites is 1. The van der Waals surface area contributed by atoms with Gasteiger partial charge in [0.2, 0.25) is 0 Å². The van der Waals surface area contributed by atoms with E-state index in [2.05, 4.69) is 0 Å². The highest BCUT2D eigenvalue weighted by Crippen LogP contribution is 2.31. The summed E-state index contributed by atoms with van der Waals surface area (Å²) in [7, 11) is 3.31. The van der Waals surface area contributed by atoms with E-state index in [0.29, 0.717) is 13.2 Å². The van der Waals surface area contributed by atoms with Gasteiger partial charge in [0, 0.05) is 32.2 Å². The van der Waals surface area contributed by atoms with E-state index in [1.807, 2.05) is 25.1 Å². The lowest BCUT2D eigenvalue weighted by Gasteiger charge is -2.19. The number of ether oxygens (including phenoxy) is 3. The van der Waals surface area contributed by atoms with Crippen molar-refractivity contribution in [3.05, 3.63) is 23.8 Å². The quantitative estimate of drug-likeness (QED) is 0.790. The van der Waals surface area contributed by atoms with Gasteiger partial charge < -0.3 is 19.9 Å². The van der Waals surface area contributed by atoms with Crippen LogP contribution < -0.4 is 15.2 Å². The van der Waals surface area contributed by atoms with Crippen molar-refractivity contribution in [1.29, 1.82) is 0 Å². The normalized spacial score (nSPS) is 12.2. The van der Waals surface area contributed by atoms with E-state index in [9.17, 15) is 0 Å². The molecule has 0 aliphatic carbocycles. The zero-order chi connectivity index (χ0) is 12.7. The number of methoxy groups -OCH3 is 2. The van der Waals surface area contributed by atoms with E-state index in [-0.39, 0.29) is 6.10 Å². The lowest BCUT2D eigenvalue weighted by atomic mass is 10.2. The predicted octanol–water partition coefficient (Wildman–Crippen LogP) is 1.96. The Balaban J connectivity index is 2.80. The first-order valence-electron chi connectivity index (χ1n) is 5.74. The molecule has 0 heterocycles. The van der Waals surface area contributed by atoms with Crippen LogP contribution in [0.4, 0.5) is 0 Å². The van der Waals surface area contributed by atoms with Crippen LogP contribution in [0.15, 0.2) is 18.2 Å². The Hall–Kier alpha value is -1.26.